The molecule has 0 unspecified atom stereocenters. The average molecular weight is 1020 g/mol. The maximum Gasteiger partial charge on any atom is 0.409 e. The molecule has 4 aliphatic rings. The number of fused-ring (bicyclic) bond motifs is 6. The van der Waals surface area contributed by atoms with Crippen LogP contribution in [0.25, 0.3) is 22.3 Å². The van der Waals surface area contributed by atoms with E-state index >= 15 is 8.78 Å². The number of likely N-dealkylation sites (tertiary alicyclic amines) is 2. The second-order valence-electron chi connectivity index (χ2n) is 18.3. The van der Waals surface area contributed by atoms with Gasteiger partial charge in [-0.2, -0.15) is 0 Å². The zero-order valence-electron chi connectivity index (χ0n) is 38.9. The number of halogens is 6. The number of nitrogens with zero attached hydrogens (tertiary/aromatic N) is 4. The van der Waals surface area contributed by atoms with Crippen molar-refractivity contribution in [1.29, 1.82) is 0 Å². The number of hydrogen-bond acceptors (Lipinski definition) is 6. The highest BCUT2D eigenvalue weighted by atomic mass is 35.5. The lowest BCUT2D eigenvalue weighted by Gasteiger charge is -2.39. The first kappa shape index (κ1) is 50.1. The van der Waals surface area contributed by atoms with E-state index in [0.29, 0.717) is 11.1 Å². The van der Waals surface area contributed by atoms with Crippen LogP contribution in [0.1, 0.15) is 58.1 Å². The molecule has 10 rings (SSSR count). The maximum atomic E-state index is 15.2. The van der Waals surface area contributed by atoms with Crippen LogP contribution < -0.4 is 0 Å². The lowest BCUT2D eigenvalue weighted by atomic mass is 9.98. The minimum absolute atomic E-state index is 0.0542. The molecule has 10 nitrogen and oxygen atoms in total. The summed E-state index contributed by atoms with van der Waals surface area (Å²) in [6.07, 6.45) is -3.74. The highest BCUT2D eigenvalue weighted by molar-refractivity contribution is 6.63. The molecule has 72 heavy (non-hydrogen) atoms. The van der Waals surface area contributed by atoms with Gasteiger partial charge in [-0.25, -0.2) is 27.2 Å². The standard InChI is InChI=1S/2C28H25ClF2N2O3/c2*29-27(34)33(15-18-9-11-19(30)12-10-18)26-13-14-32(16-25(26)31)28(35)36-17-24-22-7-3-1-5-20(22)21-6-2-4-8-23(21)24/h2*1-12,24-26H,13-17H2/t2*25-,26+/m10/s1. The van der Waals surface area contributed by atoms with E-state index in [-0.39, 0.29) is 77.2 Å². The van der Waals surface area contributed by atoms with Crippen molar-refractivity contribution in [3.05, 3.63) is 191 Å². The summed E-state index contributed by atoms with van der Waals surface area (Å²) in [4.78, 5) is 55.0. The molecule has 372 valence electrons. The molecular formula is C56H50Cl2F4N4O6. The second-order valence-corrected chi connectivity index (χ2v) is 18.9. The lowest BCUT2D eigenvalue weighted by molar-refractivity contribution is 0.0382. The molecule has 16 heteroatoms. The Balaban J connectivity index is 0.000000178. The summed E-state index contributed by atoms with van der Waals surface area (Å²) in [7, 11) is 0. The van der Waals surface area contributed by atoms with Gasteiger partial charge in [-0.05, 0) is 116 Å². The van der Waals surface area contributed by atoms with E-state index in [9.17, 15) is 28.0 Å². The molecule has 0 saturated carbocycles. The predicted octanol–water partition coefficient (Wildman–Crippen LogP) is 12.7. The Morgan fingerprint density at radius 3 is 1.08 bits per heavy atom. The van der Waals surface area contributed by atoms with Crippen molar-refractivity contribution < 1.29 is 46.2 Å². The van der Waals surface area contributed by atoms with E-state index in [1.165, 1.54) is 68.1 Å². The van der Waals surface area contributed by atoms with Gasteiger partial charge in [-0.15, -0.1) is 0 Å². The Labute approximate surface area is 424 Å². The third kappa shape index (κ3) is 10.9. The first-order chi connectivity index (χ1) is 34.8. The fraction of sp³-hybridized carbons (Fsp3) is 0.286. The van der Waals surface area contributed by atoms with Gasteiger partial charge in [0.2, 0.25) is 0 Å². The zero-order chi connectivity index (χ0) is 50.5. The second kappa shape index (κ2) is 22.3. The Morgan fingerprint density at radius 2 is 0.792 bits per heavy atom. The van der Waals surface area contributed by atoms with Crippen molar-refractivity contribution in [2.75, 3.05) is 39.4 Å². The summed E-state index contributed by atoms with van der Waals surface area (Å²) in [5, 5.41) is -1.58. The van der Waals surface area contributed by atoms with E-state index in [4.69, 9.17) is 32.7 Å². The monoisotopic (exact) mass is 1020 g/mol. The average Bonchev–Trinajstić information content (AvgIpc) is 3.89. The van der Waals surface area contributed by atoms with Gasteiger partial charge in [-0.3, -0.25) is 9.59 Å². The molecule has 0 N–H and O–H groups in total. The summed E-state index contributed by atoms with van der Waals surface area (Å²) < 4.78 is 68.1. The molecule has 2 fully saturated rings. The molecular weight excluding hydrogens is 972 g/mol. The van der Waals surface area contributed by atoms with Crippen LogP contribution in [0.15, 0.2) is 146 Å². The van der Waals surface area contributed by atoms with Gasteiger partial charge >= 0.3 is 22.9 Å². The quantitative estimate of drug-likeness (QED) is 0.0770. The third-order valence-electron chi connectivity index (χ3n) is 14.0. The first-order valence-corrected chi connectivity index (χ1v) is 24.5. The van der Waals surface area contributed by atoms with E-state index in [1.807, 2.05) is 72.8 Å². The van der Waals surface area contributed by atoms with Gasteiger partial charge in [0.1, 0.15) is 37.2 Å². The van der Waals surface area contributed by atoms with Gasteiger partial charge < -0.3 is 29.1 Å². The molecule has 6 aromatic rings. The summed E-state index contributed by atoms with van der Waals surface area (Å²) in [6.45, 7) is 0.465. The smallest absolute Gasteiger partial charge is 0.409 e. The maximum absolute atomic E-state index is 15.2. The minimum atomic E-state index is -1.50. The molecule has 2 heterocycles. The number of ether oxygens (including phenoxy) is 2. The largest absolute Gasteiger partial charge is 0.448 e. The molecule has 0 spiro atoms. The van der Waals surface area contributed by atoms with Crippen LogP contribution in [-0.2, 0) is 22.6 Å². The molecule has 0 aromatic heterocycles. The Hall–Kier alpha value is -6.90. The number of amides is 4. The highest BCUT2D eigenvalue weighted by Crippen LogP contribution is 2.46. The molecule has 2 saturated heterocycles. The van der Waals surface area contributed by atoms with E-state index in [0.717, 1.165) is 44.5 Å². The minimum Gasteiger partial charge on any atom is -0.448 e. The Bertz CT molecular complexity index is 2640. The number of piperidine rings is 2. The summed E-state index contributed by atoms with van der Waals surface area (Å²) >= 11 is 11.5. The number of carbonyl (C=O) groups excluding carboxylic acids is 4. The molecule has 4 amide bonds. The summed E-state index contributed by atoms with van der Waals surface area (Å²) in [6, 6.07) is 41.8. The Morgan fingerprint density at radius 1 is 0.486 bits per heavy atom. The fourth-order valence-electron chi connectivity index (χ4n) is 10.4. The number of rotatable bonds is 10. The summed E-state index contributed by atoms with van der Waals surface area (Å²) in [5.74, 6) is -0.968. The highest BCUT2D eigenvalue weighted by Gasteiger charge is 2.40. The molecule has 4 atom stereocenters. The predicted molar refractivity (Wildman–Crippen MR) is 266 cm³/mol. The van der Waals surface area contributed by atoms with Crippen molar-refractivity contribution in [3.8, 4) is 22.3 Å². The first-order valence-electron chi connectivity index (χ1n) is 23.7. The van der Waals surface area contributed by atoms with Crippen LogP contribution in [0.4, 0.5) is 36.7 Å². The van der Waals surface area contributed by atoms with Crippen LogP contribution in [-0.4, -0.2) is 106 Å². The van der Waals surface area contributed by atoms with E-state index in [1.54, 1.807) is 0 Å². The normalized spacial score (nSPS) is 18.9. The number of carbonyl (C=O) groups is 4. The topological polar surface area (TPSA) is 99.7 Å². The summed E-state index contributed by atoms with van der Waals surface area (Å²) in [5.41, 5.74) is 10.2. The fourth-order valence-corrected chi connectivity index (χ4v) is 10.8. The molecule has 2 aliphatic heterocycles. The zero-order valence-corrected chi connectivity index (χ0v) is 40.4. The van der Waals surface area contributed by atoms with Crippen LogP contribution in [0.5, 0.6) is 0 Å². The van der Waals surface area contributed by atoms with Gasteiger partial charge in [0.05, 0.1) is 25.2 Å². The number of hydrogen-bond donors (Lipinski definition) is 0. The van der Waals surface area contributed by atoms with Gasteiger partial charge in [0.15, 0.2) is 0 Å². The van der Waals surface area contributed by atoms with Crippen LogP contribution in [0, 0.1) is 11.6 Å². The SMILES string of the molecule is O=C(OCC1c2ccccc2-c2ccccc21)N1CC[C@@H](N(Cc2ccc(F)cc2)C(=O)Cl)[C@@H](F)C1.O=C(OCC1c2ccccc2-c2ccccc21)N1CC[C@H](N(Cc2ccc(F)cc2)C(=O)Cl)[C@H](F)C1. The molecule has 6 aromatic carbocycles. The van der Waals surface area contributed by atoms with Crippen molar-refractivity contribution in [1.82, 2.24) is 19.6 Å². The number of alkyl halides is 2. The van der Waals surface area contributed by atoms with Crippen LogP contribution in [0.2, 0.25) is 0 Å². The van der Waals surface area contributed by atoms with Crippen LogP contribution >= 0.6 is 23.2 Å². The Kier molecular flexibility index (Phi) is 15.5. The molecule has 2 aliphatic carbocycles. The van der Waals surface area contributed by atoms with Crippen molar-refractivity contribution in [3.63, 3.8) is 0 Å². The lowest BCUT2D eigenvalue weighted by Crippen LogP contribution is -2.54. The van der Waals surface area contributed by atoms with Gasteiger partial charge in [0.25, 0.3) is 0 Å². The van der Waals surface area contributed by atoms with Crippen LogP contribution in [0.3, 0.4) is 0 Å². The molecule has 0 radical (unpaired) electrons. The van der Waals surface area contributed by atoms with E-state index < -0.39 is 59.0 Å². The van der Waals surface area contributed by atoms with Crippen molar-refractivity contribution >= 4 is 46.1 Å². The molecule has 0 bridgehead atoms. The third-order valence-corrected chi connectivity index (χ3v) is 14.4. The van der Waals surface area contributed by atoms with Crippen molar-refractivity contribution in [2.45, 2.75) is 62.2 Å². The van der Waals surface area contributed by atoms with Gasteiger partial charge in [-0.1, -0.05) is 121 Å². The number of benzene rings is 6. The van der Waals surface area contributed by atoms with Crippen molar-refractivity contribution in [2.24, 2.45) is 0 Å². The van der Waals surface area contributed by atoms with E-state index in [2.05, 4.69) is 24.3 Å². The van der Waals surface area contributed by atoms with Gasteiger partial charge in [0, 0.05) is 38.0 Å².